The third kappa shape index (κ3) is 2.96. The van der Waals surface area contributed by atoms with Gasteiger partial charge < -0.3 is 9.88 Å². The third-order valence-electron chi connectivity index (χ3n) is 5.08. The van der Waals surface area contributed by atoms with E-state index >= 15 is 0 Å². The molecule has 4 heteroatoms. The van der Waals surface area contributed by atoms with Gasteiger partial charge in [-0.2, -0.15) is 0 Å². The summed E-state index contributed by atoms with van der Waals surface area (Å²) >= 11 is 0. The van der Waals surface area contributed by atoms with Crippen LogP contribution in [-0.4, -0.2) is 33.7 Å². The number of hydrogen-bond acceptors (Lipinski definition) is 2. The second-order valence-electron chi connectivity index (χ2n) is 6.75. The SMILES string of the molecule is CCC(C)C(C)N(C(=O)c1[nH]c(C)c(C(C)=O)c1C)C1CC1. The van der Waals surface area contributed by atoms with Crippen LogP contribution in [0, 0.1) is 19.8 Å². The van der Waals surface area contributed by atoms with Gasteiger partial charge in [0.1, 0.15) is 5.69 Å². The Balaban J connectivity index is 2.36. The van der Waals surface area contributed by atoms with Crippen LogP contribution in [0.5, 0.6) is 0 Å². The topological polar surface area (TPSA) is 53.2 Å². The lowest BCUT2D eigenvalue weighted by Crippen LogP contribution is -2.44. The summed E-state index contributed by atoms with van der Waals surface area (Å²) in [7, 11) is 0. The summed E-state index contributed by atoms with van der Waals surface area (Å²) in [5.41, 5.74) is 2.83. The number of nitrogens with zero attached hydrogens (tertiary/aromatic N) is 1. The van der Waals surface area contributed by atoms with Crippen molar-refractivity contribution >= 4 is 11.7 Å². The number of carbonyl (C=O) groups excluding carboxylic acids is 2. The largest absolute Gasteiger partial charge is 0.354 e. The van der Waals surface area contributed by atoms with Gasteiger partial charge in [-0.05, 0) is 52.0 Å². The first-order valence-electron chi connectivity index (χ1n) is 8.32. The molecule has 1 aliphatic rings. The lowest BCUT2D eigenvalue weighted by Gasteiger charge is -2.33. The zero-order valence-corrected chi connectivity index (χ0v) is 14.6. The van der Waals surface area contributed by atoms with Crippen LogP contribution in [0.3, 0.4) is 0 Å². The molecule has 0 spiro atoms. The Kier molecular flexibility index (Phi) is 4.78. The van der Waals surface area contributed by atoms with Gasteiger partial charge in [0.25, 0.3) is 5.91 Å². The molecule has 1 fully saturated rings. The maximum Gasteiger partial charge on any atom is 0.271 e. The van der Waals surface area contributed by atoms with Crippen molar-refractivity contribution in [3.05, 3.63) is 22.5 Å². The number of hydrogen-bond donors (Lipinski definition) is 1. The van der Waals surface area contributed by atoms with Gasteiger partial charge in [-0.25, -0.2) is 0 Å². The summed E-state index contributed by atoms with van der Waals surface area (Å²) in [6.45, 7) is 11.8. The Morgan fingerprint density at radius 1 is 1.27 bits per heavy atom. The van der Waals surface area contributed by atoms with Crippen molar-refractivity contribution in [3.63, 3.8) is 0 Å². The van der Waals surface area contributed by atoms with Gasteiger partial charge in [0, 0.05) is 23.3 Å². The van der Waals surface area contributed by atoms with Crippen molar-refractivity contribution in [3.8, 4) is 0 Å². The van der Waals surface area contributed by atoms with Crippen LogP contribution in [0.2, 0.25) is 0 Å². The molecular formula is C18H28N2O2. The fourth-order valence-corrected chi connectivity index (χ4v) is 3.27. The maximum atomic E-state index is 13.1. The number of aryl methyl sites for hydroxylation is 1. The van der Waals surface area contributed by atoms with E-state index in [1.54, 1.807) is 6.92 Å². The van der Waals surface area contributed by atoms with Crippen LogP contribution < -0.4 is 0 Å². The van der Waals surface area contributed by atoms with Crippen molar-refractivity contribution in [2.45, 2.75) is 72.9 Å². The van der Waals surface area contributed by atoms with E-state index in [2.05, 4.69) is 25.8 Å². The second kappa shape index (κ2) is 6.27. The number of aromatic nitrogens is 1. The van der Waals surface area contributed by atoms with Crippen molar-refractivity contribution in [1.82, 2.24) is 9.88 Å². The molecule has 4 nitrogen and oxygen atoms in total. The smallest absolute Gasteiger partial charge is 0.271 e. The Morgan fingerprint density at radius 3 is 2.27 bits per heavy atom. The van der Waals surface area contributed by atoms with Gasteiger partial charge >= 0.3 is 0 Å². The number of ketones is 1. The third-order valence-corrected chi connectivity index (χ3v) is 5.08. The molecule has 122 valence electrons. The fraction of sp³-hybridized carbons (Fsp3) is 0.667. The summed E-state index contributed by atoms with van der Waals surface area (Å²) in [6, 6.07) is 0.578. The Morgan fingerprint density at radius 2 is 1.86 bits per heavy atom. The summed E-state index contributed by atoms with van der Waals surface area (Å²) in [5, 5.41) is 0. The van der Waals surface area contributed by atoms with Gasteiger partial charge in [-0.3, -0.25) is 9.59 Å². The molecule has 0 saturated heterocycles. The summed E-state index contributed by atoms with van der Waals surface area (Å²) in [6.07, 6.45) is 3.23. The number of aromatic amines is 1. The van der Waals surface area contributed by atoms with Crippen molar-refractivity contribution in [2.24, 2.45) is 5.92 Å². The molecule has 1 aromatic rings. The zero-order chi connectivity index (χ0) is 16.6. The molecule has 2 atom stereocenters. The number of amides is 1. The minimum Gasteiger partial charge on any atom is -0.354 e. The predicted octanol–water partition coefficient (Wildman–Crippen LogP) is 3.87. The van der Waals surface area contributed by atoms with Crippen molar-refractivity contribution in [1.29, 1.82) is 0 Å². The van der Waals surface area contributed by atoms with Crippen LogP contribution in [-0.2, 0) is 0 Å². The fourth-order valence-electron chi connectivity index (χ4n) is 3.27. The molecule has 0 bridgehead atoms. The van der Waals surface area contributed by atoms with Crippen LogP contribution in [0.4, 0.5) is 0 Å². The predicted molar refractivity (Wildman–Crippen MR) is 88.4 cm³/mol. The molecule has 0 aliphatic heterocycles. The lowest BCUT2D eigenvalue weighted by atomic mass is 9.98. The standard InChI is InChI=1S/C18H28N2O2/c1-7-10(2)13(5)20(15-8-9-15)18(22)17-11(3)16(14(6)21)12(4)19-17/h10,13,15,19H,7-9H2,1-6H3. The van der Waals surface area contributed by atoms with E-state index in [0.29, 0.717) is 23.2 Å². The molecule has 1 heterocycles. The molecule has 0 radical (unpaired) electrons. The normalized spacial score (nSPS) is 17.2. The second-order valence-corrected chi connectivity index (χ2v) is 6.75. The minimum absolute atomic E-state index is 0.0123. The molecule has 1 amide bonds. The van der Waals surface area contributed by atoms with E-state index in [-0.39, 0.29) is 17.7 Å². The Labute approximate surface area is 133 Å². The lowest BCUT2D eigenvalue weighted by molar-refractivity contribution is 0.0609. The van der Waals surface area contributed by atoms with Gasteiger partial charge in [-0.1, -0.05) is 20.3 Å². The van der Waals surface area contributed by atoms with Gasteiger partial charge in [0.2, 0.25) is 0 Å². The van der Waals surface area contributed by atoms with E-state index in [1.807, 2.05) is 18.7 Å². The molecule has 1 aromatic heterocycles. The first-order chi connectivity index (χ1) is 10.3. The molecule has 22 heavy (non-hydrogen) atoms. The van der Waals surface area contributed by atoms with Gasteiger partial charge in [0.05, 0.1) is 0 Å². The number of rotatable bonds is 6. The van der Waals surface area contributed by atoms with E-state index < -0.39 is 0 Å². The van der Waals surface area contributed by atoms with Crippen LogP contribution in [0.1, 0.15) is 79.1 Å². The molecule has 1 aliphatic carbocycles. The van der Waals surface area contributed by atoms with Crippen LogP contribution in [0.15, 0.2) is 0 Å². The van der Waals surface area contributed by atoms with Gasteiger partial charge in [-0.15, -0.1) is 0 Å². The maximum absolute atomic E-state index is 13.1. The van der Waals surface area contributed by atoms with E-state index in [4.69, 9.17) is 0 Å². The van der Waals surface area contributed by atoms with E-state index in [9.17, 15) is 9.59 Å². The zero-order valence-electron chi connectivity index (χ0n) is 14.6. The molecule has 2 rings (SSSR count). The molecule has 2 unspecified atom stereocenters. The Hall–Kier alpha value is -1.58. The van der Waals surface area contributed by atoms with Gasteiger partial charge in [0.15, 0.2) is 5.78 Å². The molecule has 1 N–H and O–H groups in total. The molecular weight excluding hydrogens is 276 g/mol. The molecule has 1 saturated carbocycles. The number of Topliss-reactive ketones (excluding diaryl/α,β-unsaturated/α-hetero) is 1. The summed E-state index contributed by atoms with van der Waals surface area (Å²) in [4.78, 5) is 30.1. The van der Waals surface area contributed by atoms with Crippen molar-refractivity contribution in [2.75, 3.05) is 0 Å². The highest BCUT2D eigenvalue weighted by Gasteiger charge is 2.38. The number of nitrogens with one attached hydrogen (secondary N) is 1. The monoisotopic (exact) mass is 304 g/mol. The average molecular weight is 304 g/mol. The Bertz CT molecular complexity index is 584. The van der Waals surface area contributed by atoms with E-state index in [0.717, 1.165) is 30.5 Å². The highest BCUT2D eigenvalue weighted by atomic mass is 16.2. The minimum atomic E-state index is 0.0123. The van der Waals surface area contributed by atoms with Crippen molar-refractivity contribution < 1.29 is 9.59 Å². The quantitative estimate of drug-likeness (QED) is 0.811. The highest BCUT2D eigenvalue weighted by Crippen LogP contribution is 2.33. The average Bonchev–Trinajstić information content (AvgIpc) is 3.23. The van der Waals surface area contributed by atoms with Crippen LogP contribution in [0.25, 0.3) is 0 Å². The van der Waals surface area contributed by atoms with Crippen LogP contribution >= 0.6 is 0 Å². The molecule has 0 aromatic carbocycles. The highest BCUT2D eigenvalue weighted by molar-refractivity contribution is 6.02. The van der Waals surface area contributed by atoms with E-state index in [1.165, 1.54) is 0 Å². The summed E-state index contributed by atoms with van der Waals surface area (Å²) in [5.74, 6) is 0.523. The summed E-state index contributed by atoms with van der Waals surface area (Å²) < 4.78 is 0. The first kappa shape index (κ1) is 16.8. The first-order valence-corrected chi connectivity index (χ1v) is 8.32. The number of carbonyl (C=O) groups is 2. The number of H-pyrrole nitrogens is 1.